The molecule has 0 aromatic heterocycles. The third-order valence-corrected chi connectivity index (χ3v) is 2.65. The Labute approximate surface area is 120 Å². The van der Waals surface area contributed by atoms with Gasteiger partial charge in [0.1, 0.15) is 5.75 Å². The van der Waals surface area contributed by atoms with E-state index < -0.39 is 6.04 Å². The Hall–Kier alpha value is -1.59. The highest BCUT2D eigenvalue weighted by Gasteiger charge is 2.13. The summed E-state index contributed by atoms with van der Waals surface area (Å²) in [6.07, 6.45) is 0.492. The zero-order chi connectivity index (χ0) is 15.0. The highest BCUT2D eigenvalue weighted by molar-refractivity contribution is 5.94. The van der Waals surface area contributed by atoms with Gasteiger partial charge in [-0.15, -0.1) is 0 Å². The molecule has 1 rings (SSSR count). The lowest BCUT2D eigenvalue weighted by Crippen LogP contribution is -2.36. The molecule has 0 radical (unpaired) electrons. The summed E-state index contributed by atoms with van der Waals surface area (Å²) in [6, 6.07) is 6.73. The summed E-state index contributed by atoms with van der Waals surface area (Å²) < 4.78 is 10.5. The number of rotatable bonds is 8. The first-order valence-corrected chi connectivity index (χ1v) is 6.81. The smallest absolute Gasteiger partial charge is 0.241 e. The first-order chi connectivity index (χ1) is 9.52. The summed E-state index contributed by atoms with van der Waals surface area (Å²) >= 11 is 0. The number of benzene rings is 1. The lowest BCUT2D eigenvalue weighted by atomic mass is 10.2. The summed E-state index contributed by atoms with van der Waals surface area (Å²) in [4.78, 5) is 11.9. The van der Waals surface area contributed by atoms with Crippen molar-refractivity contribution in [2.45, 2.75) is 26.3 Å². The zero-order valence-corrected chi connectivity index (χ0v) is 12.4. The van der Waals surface area contributed by atoms with Gasteiger partial charge in [0.05, 0.1) is 12.6 Å². The largest absolute Gasteiger partial charge is 0.493 e. The molecule has 1 aromatic rings. The third-order valence-electron chi connectivity index (χ3n) is 2.65. The van der Waals surface area contributed by atoms with Crippen LogP contribution in [0.25, 0.3) is 0 Å². The first kappa shape index (κ1) is 16.5. The van der Waals surface area contributed by atoms with Crippen molar-refractivity contribution in [2.24, 2.45) is 11.7 Å². The molecular formula is C15H24N2O3. The fraction of sp³-hybridized carbons (Fsp3) is 0.533. The van der Waals surface area contributed by atoms with E-state index in [1.165, 1.54) is 0 Å². The molecule has 0 fully saturated rings. The maximum Gasteiger partial charge on any atom is 0.241 e. The van der Waals surface area contributed by atoms with Crippen molar-refractivity contribution < 1.29 is 14.3 Å². The molecular weight excluding hydrogens is 256 g/mol. The second-order valence-corrected chi connectivity index (χ2v) is 5.11. The number of ether oxygens (including phenoxy) is 2. The van der Waals surface area contributed by atoms with Crippen molar-refractivity contribution in [3.63, 3.8) is 0 Å². The Morgan fingerprint density at radius 1 is 1.40 bits per heavy atom. The molecule has 5 heteroatoms. The van der Waals surface area contributed by atoms with Crippen molar-refractivity contribution in [1.82, 2.24) is 0 Å². The maximum atomic E-state index is 11.9. The second-order valence-electron chi connectivity index (χ2n) is 5.11. The minimum atomic E-state index is -0.574. The van der Waals surface area contributed by atoms with Gasteiger partial charge < -0.3 is 20.5 Å². The third kappa shape index (κ3) is 6.04. The lowest BCUT2D eigenvalue weighted by Gasteiger charge is -2.13. The number of carbonyl (C=O) groups excluding carboxylic acids is 1. The zero-order valence-electron chi connectivity index (χ0n) is 12.4. The fourth-order valence-corrected chi connectivity index (χ4v) is 1.54. The van der Waals surface area contributed by atoms with Crippen LogP contribution in [-0.2, 0) is 9.53 Å². The molecule has 0 heterocycles. The van der Waals surface area contributed by atoms with E-state index in [4.69, 9.17) is 15.2 Å². The van der Waals surface area contributed by atoms with Crippen LogP contribution in [0.15, 0.2) is 24.3 Å². The van der Waals surface area contributed by atoms with E-state index in [0.717, 1.165) is 5.75 Å². The van der Waals surface area contributed by atoms with Crippen LogP contribution in [0, 0.1) is 5.92 Å². The van der Waals surface area contributed by atoms with Crippen LogP contribution in [-0.4, -0.2) is 32.3 Å². The minimum absolute atomic E-state index is 0.219. The normalized spacial score (nSPS) is 12.2. The SMILES string of the molecule is COCCC(N)C(=O)Nc1cccc(OCC(C)C)c1. The molecule has 1 amide bonds. The Morgan fingerprint density at radius 3 is 2.80 bits per heavy atom. The monoisotopic (exact) mass is 280 g/mol. The Kier molecular flexibility index (Phi) is 7.04. The van der Waals surface area contributed by atoms with E-state index in [2.05, 4.69) is 19.2 Å². The van der Waals surface area contributed by atoms with Gasteiger partial charge in [0.25, 0.3) is 0 Å². The lowest BCUT2D eigenvalue weighted by molar-refractivity contribution is -0.117. The Bertz CT molecular complexity index is 421. The summed E-state index contributed by atoms with van der Waals surface area (Å²) in [6.45, 7) is 5.28. The van der Waals surface area contributed by atoms with Crippen LogP contribution in [0.2, 0.25) is 0 Å². The molecule has 0 saturated carbocycles. The van der Waals surface area contributed by atoms with Crippen LogP contribution < -0.4 is 15.8 Å². The molecule has 1 unspecified atom stereocenters. The van der Waals surface area contributed by atoms with Gasteiger partial charge in [0.2, 0.25) is 5.91 Å². The summed E-state index contributed by atoms with van der Waals surface area (Å²) in [5.41, 5.74) is 6.45. The molecule has 1 atom stereocenters. The molecule has 20 heavy (non-hydrogen) atoms. The number of methoxy groups -OCH3 is 1. The molecule has 0 aliphatic heterocycles. The molecule has 112 valence electrons. The maximum absolute atomic E-state index is 11.9. The first-order valence-electron chi connectivity index (χ1n) is 6.81. The van der Waals surface area contributed by atoms with Gasteiger partial charge in [0.15, 0.2) is 0 Å². The molecule has 3 N–H and O–H groups in total. The van der Waals surface area contributed by atoms with Crippen molar-refractivity contribution in [3.05, 3.63) is 24.3 Å². The summed E-state index contributed by atoms with van der Waals surface area (Å²) in [5, 5.41) is 2.78. The molecule has 0 aliphatic rings. The number of nitrogens with two attached hydrogens (primary N) is 1. The number of hydrogen-bond acceptors (Lipinski definition) is 4. The van der Waals surface area contributed by atoms with Gasteiger partial charge in [-0.05, 0) is 24.5 Å². The van der Waals surface area contributed by atoms with Crippen molar-refractivity contribution in [2.75, 3.05) is 25.6 Å². The van der Waals surface area contributed by atoms with Crippen LogP contribution in [0.4, 0.5) is 5.69 Å². The Morgan fingerprint density at radius 2 is 2.15 bits per heavy atom. The molecule has 0 bridgehead atoms. The minimum Gasteiger partial charge on any atom is -0.493 e. The highest BCUT2D eigenvalue weighted by atomic mass is 16.5. The topological polar surface area (TPSA) is 73.6 Å². The van der Waals surface area contributed by atoms with Gasteiger partial charge in [-0.25, -0.2) is 0 Å². The van der Waals surface area contributed by atoms with Gasteiger partial charge in [0, 0.05) is 25.5 Å². The average molecular weight is 280 g/mol. The van der Waals surface area contributed by atoms with E-state index in [1.54, 1.807) is 13.2 Å². The van der Waals surface area contributed by atoms with Gasteiger partial charge in [-0.2, -0.15) is 0 Å². The molecule has 5 nitrogen and oxygen atoms in total. The molecule has 0 spiro atoms. The summed E-state index contributed by atoms with van der Waals surface area (Å²) in [5.74, 6) is 0.973. The van der Waals surface area contributed by atoms with Crippen LogP contribution in [0.3, 0.4) is 0 Å². The van der Waals surface area contributed by atoms with Crippen LogP contribution in [0.1, 0.15) is 20.3 Å². The molecule has 0 aliphatic carbocycles. The molecule has 0 saturated heterocycles. The highest BCUT2D eigenvalue weighted by Crippen LogP contribution is 2.18. The predicted molar refractivity (Wildman–Crippen MR) is 79.9 cm³/mol. The van der Waals surface area contributed by atoms with Crippen molar-refractivity contribution in [3.8, 4) is 5.75 Å². The van der Waals surface area contributed by atoms with Gasteiger partial charge >= 0.3 is 0 Å². The summed E-state index contributed by atoms with van der Waals surface area (Å²) in [7, 11) is 1.58. The molecule has 1 aromatic carbocycles. The number of carbonyl (C=O) groups is 1. The van der Waals surface area contributed by atoms with E-state index >= 15 is 0 Å². The van der Waals surface area contributed by atoms with Crippen LogP contribution in [0.5, 0.6) is 5.75 Å². The van der Waals surface area contributed by atoms with Crippen molar-refractivity contribution in [1.29, 1.82) is 0 Å². The predicted octanol–water partition coefficient (Wildman–Crippen LogP) is 2.02. The van der Waals surface area contributed by atoms with Crippen LogP contribution >= 0.6 is 0 Å². The second kappa shape index (κ2) is 8.55. The van der Waals surface area contributed by atoms with Gasteiger partial charge in [-0.1, -0.05) is 19.9 Å². The standard InChI is InChI=1S/C15H24N2O3/c1-11(2)10-20-13-6-4-5-12(9-13)17-15(18)14(16)7-8-19-3/h4-6,9,11,14H,7-8,10,16H2,1-3H3,(H,17,18). The van der Waals surface area contributed by atoms with Gasteiger partial charge in [-0.3, -0.25) is 4.79 Å². The van der Waals surface area contributed by atoms with E-state index in [-0.39, 0.29) is 5.91 Å². The van der Waals surface area contributed by atoms with E-state index in [0.29, 0.717) is 31.2 Å². The van der Waals surface area contributed by atoms with E-state index in [9.17, 15) is 4.79 Å². The average Bonchev–Trinajstić information content (AvgIpc) is 2.42. The fourth-order valence-electron chi connectivity index (χ4n) is 1.54. The number of hydrogen-bond donors (Lipinski definition) is 2. The van der Waals surface area contributed by atoms with Crippen molar-refractivity contribution >= 4 is 11.6 Å². The Balaban J connectivity index is 2.54. The van der Waals surface area contributed by atoms with E-state index in [1.807, 2.05) is 18.2 Å². The number of nitrogens with one attached hydrogen (secondary N) is 1. The quantitative estimate of drug-likeness (QED) is 0.764. The number of anilines is 1. The number of amides is 1.